The van der Waals surface area contributed by atoms with Gasteiger partial charge >= 0.3 is 18.3 Å². The number of hydrogen-bond donors (Lipinski definition) is 0. The molecule has 0 atom stereocenters. The van der Waals surface area contributed by atoms with Gasteiger partial charge in [0.2, 0.25) is 0 Å². The van der Waals surface area contributed by atoms with Crippen LogP contribution >= 0.6 is 0 Å². The lowest BCUT2D eigenvalue weighted by molar-refractivity contribution is -0.274. The number of carbonyl (C=O) groups is 2. The van der Waals surface area contributed by atoms with Crippen molar-refractivity contribution in [2.45, 2.75) is 77.7 Å². The van der Waals surface area contributed by atoms with Gasteiger partial charge in [-0.3, -0.25) is 0 Å². The van der Waals surface area contributed by atoms with Crippen LogP contribution in [0.2, 0.25) is 0 Å². The molecule has 0 aliphatic heterocycles. The van der Waals surface area contributed by atoms with Gasteiger partial charge in [-0.15, -0.1) is 13.2 Å². The third-order valence-electron chi connectivity index (χ3n) is 5.37. The minimum atomic E-state index is -4.78. The highest BCUT2D eigenvalue weighted by Gasteiger charge is 2.31. The van der Waals surface area contributed by atoms with Crippen LogP contribution in [0.3, 0.4) is 0 Å². The minimum absolute atomic E-state index is 0.0709. The summed E-state index contributed by atoms with van der Waals surface area (Å²) in [6.07, 6.45) is 5.59. The monoisotopic (exact) mass is 494 g/mol. The van der Waals surface area contributed by atoms with Crippen LogP contribution in [-0.2, 0) is 16.1 Å². The summed E-state index contributed by atoms with van der Waals surface area (Å²) in [6, 6.07) is 11.2. The van der Waals surface area contributed by atoms with Crippen molar-refractivity contribution in [2.24, 2.45) is 0 Å². The Labute approximate surface area is 204 Å². The summed E-state index contributed by atoms with van der Waals surface area (Å²) in [5.74, 6) is -1.69. The van der Waals surface area contributed by atoms with Crippen LogP contribution in [0.25, 0.3) is 0 Å². The number of hydrogen-bond acceptors (Lipinski definition) is 5. The van der Waals surface area contributed by atoms with E-state index in [1.807, 2.05) is 0 Å². The molecule has 2 rings (SSSR count). The predicted octanol–water partition coefficient (Wildman–Crippen LogP) is 7.63. The first-order valence-electron chi connectivity index (χ1n) is 12.1. The molecule has 0 radical (unpaired) electrons. The Kier molecular flexibility index (Phi) is 12.1. The molecule has 2 aromatic rings. The number of esters is 2. The Morgan fingerprint density at radius 3 is 1.77 bits per heavy atom. The van der Waals surface area contributed by atoms with E-state index in [4.69, 9.17) is 9.47 Å². The molecule has 0 heterocycles. The highest BCUT2D eigenvalue weighted by atomic mass is 19.4. The lowest BCUT2D eigenvalue weighted by atomic mass is 10.1. The van der Waals surface area contributed by atoms with Gasteiger partial charge < -0.3 is 14.2 Å². The Balaban J connectivity index is 1.76. The van der Waals surface area contributed by atoms with Crippen LogP contribution < -0.4 is 4.74 Å². The first kappa shape index (κ1) is 28.2. The molecule has 0 aliphatic carbocycles. The van der Waals surface area contributed by atoms with Crippen molar-refractivity contribution in [3.63, 3.8) is 0 Å². The number of carbonyl (C=O) groups excluding carboxylic acids is 2. The van der Waals surface area contributed by atoms with Crippen molar-refractivity contribution in [2.75, 3.05) is 6.61 Å². The summed E-state index contributed by atoms with van der Waals surface area (Å²) in [6.45, 7) is 2.31. The fraction of sp³-hybridized carbons (Fsp3) is 0.481. The van der Waals surface area contributed by atoms with Crippen LogP contribution in [-0.4, -0.2) is 24.9 Å². The van der Waals surface area contributed by atoms with Crippen LogP contribution in [0.4, 0.5) is 13.2 Å². The van der Waals surface area contributed by atoms with Crippen molar-refractivity contribution >= 4 is 11.9 Å². The highest BCUT2D eigenvalue weighted by molar-refractivity contribution is 6.03. The topological polar surface area (TPSA) is 61.8 Å². The van der Waals surface area contributed by atoms with E-state index in [9.17, 15) is 22.8 Å². The summed E-state index contributed by atoms with van der Waals surface area (Å²) < 4.78 is 51.2. The van der Waals surface area contributed by atoms with Crippen LogP contribution in [0.5, 0.6) is 5.75 Å². The average Bonchev–Trinajstić information content (AvgIpc) is 2.83. The third kappa shape index (κ3) is 11.3. The normalized spacial score (nSPS) is 11.2. The molecule has 0 saturated heterocycles. The fourth-order valence-electron chi connectivity index (χ4n) is 3.51. The SMILES string of the molecule is CCCCCCCCCCCOC(=O)c1ccccc1C(=O)OCc1ccc(OC(F)(F)F)cc1. The lowest BCUT2D eigenvalue weighted by Gasteiger charge is -2.11. The van der Waals surface area contributed by atoms with Crippen molar-refractivity contribution in [3.05, 3.63) is 65.2 Å². The quantitative estimate of drug-likeness (QED) is 0.188. The first-order chi connectivity index (χ1) is 16.8. The Morgan fingerprint density at radius 2 is 1.23 bits per heavy atom. The zero-order valence-electron chi connectivity index (χ0n) is 20.1. The van der Waals surface area contributed by atoms with Gasteiger partial charge in [-0.05, 0) is 36.2 Å². The smallest absolute Gasteiger partial charge is 0.462 e. The Hall–Kier alpha value is -3.03. The van der Waals surface area contributed by atoms with Gasteiger partial charge in [-0.25, -0.2) is 9.59 Å². The standard InChI is InChI=1S/C27H33F3O5/c1-2-3-4-5-6-7-8-9-12-19-33-25(31)23-13-10-11-14-24(23)26(32)34-20-21-15-17-22(18-16-21)35-27(28,29)30/h10-11,13-18H,2-9,12,19-20H2,1H3. The van der Waals surface area contributed by atoms with Crippen molar-refractivity contribution in [3.8, 4) is 5.75 Å². The summed E-state index contributed by atoms with van der Waals surface area (Å²) >= 11 is 0. The van der Waals surface area contributed by atoms with E-state index in [1.165, 1.54) is 62.8 Å². The van der Waals surface area contributed by atoms with E-state index >= 15 is 0 Å². The molecule has 0 spiro atoms. The van der Waals surface area contributed by atoms with E-state index in [0.29, 0.717) is 5.56 Å². The molecule has 192 valence electrons. The first-order valence-corrected chi connectivity index (χ1v) is 12.1. The summed E-state index contributed by atoms with van der Waals surface area (Å²) in [5.41, 5.74) is 0.655. The zero-order valence-corrected chi connectivity index (χ0v) is 20.1. The van der Waals surface area contributed by atoms with Gasteiger partial charge in [0, 0.05) is 0 Å². The molecule has 0 unspecified atom stereocenters. The second kappa shape index (κ2) is 15.1. The number of unbranched alkanes of at least 4 members (excludes halogenated alkanes) is 8. The lowest BCUT2D eigenvalue weighted by Crippen LogP contribution is -2.17. The molecule has 0 N–H and O–H groups in total. The Morgan fingerprint density at radius 1 is 0.714 bits per heavy atom. The highest BCUT2D eigenvalue weighted by Crippen LogP contribution is 2.23. The van der Waals surface area contributed by atoms with Gasteiger partial charge in [-0.2, -0.15) is 0 Å². The molecule has 35 heavy (non-hydrogen) atoms. The number of ether oxygens (including phenoxy) is 3. The molecule has 0 aromatic heterocycles. The van der Waals surface area contributed by atoms with Gasteiger partial charge in [-0.1, -0.05) is 82.6 Å². The van der Waals surface area contributed by atoms with Crippen molar-refractivity contribution in [1.82, 2.24) is 0 Å². The molecule has 2 aromatic carbocycles. The fourth-order valence-corrected chi connectivity index (χ4v) is 3.51. The van der Waals surface area contributed by atoms with E-state index in [1.54, 1.807) is 12.1 Å². The molecule has 0 saturated carbocycles. The zero-order chi connectivity index (χ0) is 25.5. The van der Waals surface area contributed by atoms with Crippen molar-refractivity contribution < 1.29 is 37.0 Å². The summed E-state index contributed by atoms with van der Waals surface area (Å²) in [5, 5.41) is 0. The molecule has 0 aliphatic rings. The van der Waals surface area contributed by atoms with Crippen molar-refractivity contribution in [1.29, 1.82) is 0 Å². The van der Waals surface area contributed by atoms with Gasteiger partial charge in [0.1, 0.15) is 12.4 Å². The average molecular weight is 495 g/mol. The van der Waals surface area contributed by atoms with E-state index in [-0.39, 0.29) is 30.1 Å². The largest absolute Gasteiger partial charge is 0.573 e. The molecule has 8 heteroatoms. The van der Waals surface area contributed by atoms with Crippen LogP contribution in [0.15, 0.2) is 48.5 Å². The number of halogens is 3. The van der Waals surface area contributed by atoms with Crippen LogP contribution in [0.1, 0.15) is 91.0 Å². The minimum Gasteiger partial charge on any atom is -0.462 e. The second-order valence-corrected chi connectivity index (χ2v) is 8.28. The molecular formula is C27H33F3O5. The Bertz CT molecular complexity index is 910. The third-order valence-corrected chi connectivity index (χ3v) is 5.37. The van der Waals surface area contributed by atoms with Gasteiger partial charge in [0.05, 0.1) is 17.7 Å². The summed E-state index contributed by atoms with van der Waals surface area (Å²) in [7, 11) is 0. The molecule has 0 fully saturated rings. The van der Waals surface area contributed by atoms with E-state index in [2.05, 4.69) is 11.7 Å². The van der Waals surface area contributed by atoms with Gasteiger partial charge in [0.15, 0.2) is 0 Å². The molecular weight excluding hydrogens is 461 g/mol. The maximum Gasteiger partial charge on any atom is 0.573 e. The maximum absolute atomic E-state index is 12.5. The second-order valence-electron chi connectivity index (χ2n) is 8.28. The van der Waals surface area contributed by atoms with E-state index < -0.39 is 18.3 Å². The van der Waals surface area contributed by atoms with E-state index in [0.717, 1.165) is 31.4 Å². The van der Waals surface area contributed by atoms with Gasteiger partial charge in [0.25, 0.3) is 0 Å². The molecule has 5 nitrogen and oxygen atoms in total. The maximum atomic E-state index is 12.5. The molecule has 0 amide bonds. The number of alkyl halides is 3. The number of rotatable bonds is 15. The number of benzene rings is 2. The predicted molar refractivity (Wildman–Crippen MR) is 126 cm³/mol. The summed E-state index contributed by atoms with van der Waals surface area (Å²) in [4.78, 5) is 25.0. The molecule has 0 bridgehead atoms. The van der Waals surface area contributed by atoms with Crippen LogP contribution in [0, 0.1) is 0 Å².